The van der Waals surface area contributed by atoms with Gasteiger partial charge in [0.1, 0.15) is 13.2 Å². The van der Waals surface area contributed by atoms with Crippen LogP contribution in [-0.4, -0.2) is 53.5 Å². The van der Waals surface area contributed by atoms with Crippen LogP contribution in [0, 0.1) is 0 Å². The molecule has 2 aliphatic rings. The Balaban J connectivity index is 1.72. The van der Waals surface area contributed by atoms with Gasteiger partial charge >= 0.3 is 5.97 Å². The average Bonchev–Trinajstić information content (AvgIpc) is 3.17. The predicted molar refractivity (Wildman–Crippen MR) is 111 cm³/mol. The molecule has 9 heteroatoms. The van der Waals surface area contributed by atoms with E-state index in [0.717, 1.165) is 0 Å². The van der Waals surface area contributed by atoms with Crippen molar-refractivity contribution in [3.63, 3.8) is 0 Å². The summed E-state index contributed by atoms with van der Waals surface area (Å²) in [5.41, 5.74) is 1.29. The first-order chi connectivity index (χ1) is 15.1. The van der Waals surface area contributed by atoms with Crippen molar-refractivity contribution >= 4 is 17.9 Å². The van der Waals surface area contributed by atoms with Crippen LogP contribution < -0.4 is 28.4 Å². The molecule has 0 amide bonds. The van der Waals surface area contributed by atoms with Gasteiger partial charge in [0, 0.05) is 5.56 Å². The van der Waals surface area contributed by atoms with Gasteiger partial charge in [-0.3, -0.25) is 0 Å². The number of cyclic esters (lactones) is 1. The minimum atomic E-state index is -0.586. The average molecular weight is 427 g/mol. The smallest absolute Gasteiger partial charge is 0.363 e. The third kappa shape index (κ3) is 3.81. The van der Waals surface area contributed by atoms with Crippen molar-refractivity contribution in [2.24, 2.45) is 4.99 Å². The summed E-state index contributed by atoms with van der Waals surface area (Å²) in [6, 6.07) is 6.80. The van der Waals surface area contributed by atoms with Crippen molar-refractivity contribution in [1.29, 1.82) is 0 Å². The number of hydrogen-bond acceptors (Lipinski definition) is 9. The molecule has 162 valence electrons. The normalized spacial score (nSPS) is 15.9. The lowest BCUT2D eigenvalue weighted by molar-refractivity contribution is -0.129. The maximum absolute atomic E-state index is 12.5. The third-order valence-corrected chi connectivity index (χ3v) is 4.69. The highest BCUT2D eigenvalue weighted by Gasteiger charge is 2.27. The number of carbonyl (C=O) groups is 1. The number of benzene rings is 2. The minimum Gasteiger partial charge on any atom is -0.493 e. The molecule has 0 aliphatic carbocycles. The molecule has 0 fully saturated rings. The predicted octanol–water partition coefficient (Wildman–Crippen LogP) is 2.84. The largest absolute Gasteiger partial charge is 0.493 e. The SMILES string of the molecule is COc1cc(C2=N/C(=C/c3cc(OC)c4c(c3)OCCO4)C(=O)O2)cc(OC)c1OC. The molecule has 2 heterocycles. The molecule has 0 unspecified atom stereocenters. The van der Waals surface area contributed by atoms with Crippen LogP contribution >= 0.6 is 0 Å². The lowest BCUT2D eigenvalue weighted by Crippen LogP contribution is -2.16. The van der Waals surface area contributed by atoms with Gasteiger partial charge in [0.25, 0.3) is 0 Å². The number of fused-ring (bicyclic) bond motifs is 1. The monoisotopic (exact) mass is 427 g/mol. The summed E-state index contributed by atoms with van der Waals surface area (Å²) in [6.07, 6.45) is 1.59. The van der Waals surface area contributed by atoms with Gasteiger partial charge in [0.2, 0.25) is 17.4 Å². The summed E-state index contributed by atoms with van der Waals surface area (Å²) in [4.78, 5) is 16.8. The first-order valence-electron chi connectivity index (χ1n) is 9.38. The molecule has 9 nitrogen and oxygen atoms in total. The Bertz CT molecular complexity index is 1050. The van der Waals surface area contributed by atoms with Crippen molar-refractivity contribution in [3.8, 4) is 34.5 Å². The zero-order valence-electron chi connectivity index (χ0n) is 17.5. The van der Waals surface area contributed by atoms with Gasteiger partial charge in [0.05, 0.1) is 28.4 Å². The molecule has 31 heavy (non-hydrogen) atoms. The van der Waals surface area contributed by atoms with Crippen molar-refractivity contribution in [2.75, 3.05) is 41.7 Å². The van der Waals surface area contributed by atoms with Gasteiger partial charge in [-0.15, -0.1) is 0 Å². The second-order valence-electron chi connectivity index (χ2n) is 6.50. The van der Waals surface area contributed by atoms with Crippen LogP contribution in [0.3, 0.4) is 0 Å². The zero-order chi connectivity index (χ0) is 22.0. The molecule has 2 aromatic carbocycles. The third-order valence-electron chi connectivity index (χ3n) is 4.69. The van der Waals surface area contributed by atoms with Crippen molar-refractivity contribution in [1.82, 2.24) is 0 Å². The Morgan fingerprint density at radius 2 is 1.55 bits per heavy atom. The molecule has 0 aromatic heterocycles. The van der Waals surface area contributed by atoms with Gasteiger partial charge in [-0.1, -0.05) is 0 Å². The quantitative estimate of drug-likeness (QED) is 0.513. The first-order valence-corrected chi connectivity index (χ1v) is 9.38. The van der Waals surface area contributed by atoms with Gasteiger partial charge in [0.15, 0.2) is 28.7 Å². The lowest BCUT2D eigenvalue weighted by Gasteiger charge is -2.20. The zero-order valence-corrected chi connectivity index (χ0v) is 17.5. The molecule has 0 spiro atoms. The Hall–Kier alpha value is -3.88. The van der Waals surface area contributed by atoms with Crippen molar-refractivity contribution in [2.45, 2.75) is 0 Å². The molecular formula is C22H21NO8. The number of rotatable bonds is 6. The fraction of sp³-hybridized carbons (Fsp3) is 0.273. The number of hydrogen-bond donors (Lipinski definition) is 0. The Kier molecular flexibility index (Phi) is 5.57. The van der Waals surface area contributed by atoms with Crippen molar-refractivity contribution < 1.29 is 38.0 Å². The molecule has 0 bridgehead atoms. The van der Waals surface area contributed by atoms with E-state index in [1.54, 1.807) is 30.3 Å². The maximum atomic E-state index is 12.5. The Morgan fingerprint density at radius 3 is 2.19 bits per heavy atom. The summed E-state index contributed by atoms with van der Waals surface area (Å²) in [5.74, 6) is 2.39. The lowest BCUT2D eigenvalue weighted by atomic mass is 10.1. The summed E-state index contributed by atoms with van der Waals surface area (Å²) in [7, 11) is 6.05. The van der Waals surface area contributed by atoms with Gasteiger partial charge in [-0.05, 0) is 35.9 Å². The summed E-state index contributed by atoms with van der Waals surface area (Å²) < 4.78 is 38.0. The van der Waals surface area contributed by atoms with E-state index < -0.39 is 5.97 Å². The van der Waals surface area contributed by atoms with Crippen LogP contribution in [0.5, 0.6) is 34.5 Å². The number of aliphatic imine (C=N–C) groups is 1. The molecule has 4 rings (SSSR count). The molecule has 0 saturated heterocycles. The van der Waals surface area contributed by atoms with Crippen LogP contribution in [0.4, 0.5) is 0 Å². The van der Waals surface area contributed by atoms with Crippen LogP contribution in [-0.2, 0) is 9.53 Å². The van der Waals surface area contributed by atoms with Gasteiger partial charge in [-0.2, -0.15) is 0 Å². The molecule has 0 atom stereocenters. The first kappa shape index (κ1) is 20.4. The highest BCUT2D eigenvalue weighted by molar-refractivity contribution is 6.13. The second kappa shape index (κ2) is 8.47. The van der Waals surface area contributed by atoms with E-state index in [1.807, 2.05) is 0 Å². The van der Waals surface area contributed by atoms with Crippen LogP contribution in [0.25, 0.3) is 6.08 Å². The fourth-order valence-electron chi connectivity index (χ4n) is 3.27. The maximum Gasteiger partial charge on any atom is 0.363 e. The Labute approximate surface area is 178 Å². The number of methoxy groups -OCH3 is 4. The van der Waals surface area contributed by atoms with Crippen LogP contribution in [0.15, 0.2) is 35.0 Å². The van der Waals surface area contributed by atoms with E-state index in [4.69, 9.17) is 33.2 Å². The number of carbonyl (C=O) groups excluding carboxylic acids is 1. The van der Waals surface area contributed by atoms with Gasteiger partial charge < -0.3 is 33.2 Å². The molecular weight excluding hydrogens is 406 g/mol. The topological polar surface area (TPSA) is 94.0 Å². The molecule has 0 N–H and O–H groups in total. The Morgan fingerprint density at radius 1 is 0.871 bits per heavy atom. The number of esters is 1. The second-order valence-corrected chi connectivity index (χ2v) is 6.50. The molecule has 0 saturated carbocycles. The minimum absolute atomic E-state index is 0.125. The van der Waals surface area contributed by atoms with Crippen molar-refractivity contribution in [3.05, 3.63) is 41.1 Å². The summed E-state index contributed by atoms with van der Waals surface area (Å²) in [6.45, 7) is 0.875. The van der Waals surface area contributed by atoms with Crippen LogP contribution in [0.2, 0.25) is 0 Å². The fourth-order valence-corrected chi connectivity index (χ4v) is 3.27. The van der Waals surface area contributed by atoms with E-state index in [9.17, 15) is 4.79 Å². The molecule has 2 aromatic rings. The van der Waals surface area contributed by atoms with E-state index in [-0.39, 0.29) is 11.6 Å². The standard InChI is InChI=1S/C22H21NO8/c1-25-15-8-12(9-18-20(15)30-6-5-29-18)7-14-22(24)31-21(23-14)13-10-16(26-2)19(28-4)17(11-13)27-3/h7-11H,5-6H2,1-4H3/b14-7+. The van der Waals surface area contributed by atoms with E-state index >= 15 is 0 Å². The number of ether oxygens (including phenoxy) is 7. The number of nitrogens with zero attached hydrogens (tertiary/aromatic N) is 1. The summed E-state index contributed by atoms with van der Waals surface area (Å²) in [5, 5.41) is 0. The van der Waals surface area contributed by atoms with Gasteiger partial charge in [-0.25, -0.2) is 9.79 Å². The van der Waals surface area contributed by atoms with E-state index in [0.29, 0.717) is 58.8 Å². The van der Waals surface area contributed by atoms with E-state index in [2.05, 4.69) is 4.99 Å². The molecule has 2 aliphatic heterocycles. The van der Waals surface area contributed by atoms with Crippen LogP contribution in [0.1, 0.15) is 11.1 Å². The molecule has 0 radical (unpaired) electrons. The summed E-state index contributed by atoms with van der Waals surface area (Å²) >= 11 is 0. The highest BCUT2D eigenvalue weighted by atomic mass is 16.6. The highest BCUT2D eigenvalue weighted by Crippen LogP contribution is 2.41. The van der Waals surface area contributed by atoms with E-state index in [1.165, 1.54) is 28.4 Å².